The van der Waals surface area contributed by atoms with E-state index in [2.05, 4.69) is 20.0 Å². The quantitative estimate of drug-likeness (QED) is 0.776. The summed E-state index contributed by atoms with van der Waals surface area (Å²) in [5.74, 6) is 0.888. The van der Waals surface area contributed by atoms with E-state index in [9.17, 15) is 0 Å². The lowest BCUT2D eigenvalue weighted by Crippen LogP contribution is -2.46. The molecule has 0 bridgehead atoms. The number of rotatable bonds is 3. The Kier molecular flexibility index (Phi) is 3.64. The van der Waals surface area contributed by atoms with Gasteiger partial charge in [0.25, 0.3) is 0 Å². The Morgan fingerprint density at radius 1 is 1.22 bits per heavy atom. The summed E-state index contributed by atoms with van der Waals surface area (Å²) in [4.78, 5) is 11.1. The standard InChI is InChI=1S/C16H18N6O/c17-8-13-10-21(6-7-23-13)15-14-9-20-22(16(14)19-11-18-15)12-4-2-1-3-5-12/h1-5,9,11,13H,6-8,10,17H2/t13-/m0/s1. The van der Waals surface area contributed by atoms with Gasteiger partial charge in [0, 0.05) is 19.6 Å². The average molecular weight is 310 g/mol. The van der Waals surface area contributed by atoms with Crippen molar-refractivity contribution >= 4 is 16.9 Å². The van der Waals surface area contributed by atoms with Crippen LogP contribution in [0.4, 0.5) is 5.82 Å². The zero-order valence-corrected chi connectivity index (χ0v) is 12.7. The van der Waals surface area contributed by atoms with Crippen LogP contribution in [0.25, 0.3) is 16.7 Å². The van der Waals surface area contributed by atoms with Gasteiger partial charge in [0.1, 0.15) is 12.1 Å². The van der Waals surface area contributed by atoms with Crippen molar-refractivity contribution in [3.05, 3.63) is 42.9 Å². The monoisotopic (exact) mass is 310 g/mol. The maximum absolute atomic E-state index is 5.74. The first kappa shape index (κ1) is 14.1. The summed E-state index contributed by atoms with van der Waals surface area (Å²) < 4.78 is 7.47. The Morgan fingerprint density at radius 3 is 2.91 bits per heavy atom. The Bertz CT molecular complexity index is 803. The van der Waals surface area contributed by atoms with E-state index >= 15 is 0 Å². The smallest absolute Gasteiger partial charge is 0.168 e. The van der Waals surface area contributed by atoms with Crippen LogP contribution in [0.15, 0.2) is 42.9 Å². The normalized spacial score (nSPS) is 18.5. The van der Waals surface area contributed by atoms with E-state index in [4.69, 9.17) is 10.5 Å². The highest BCUT2D eigenvalue weighted by molar-refractivity contribution is 5.87. The molecule has 118 valence electrons. The van der Waals surface area contributed by atoms with Crippen LogP contribution < -0.4 is 10.6 Å². The fourth-order valence-corrected chi connectivity index (χ4v) is 2.90. The second-order valence-electron chi connectivity index (χ2n) is 5.50. The van der Waals surface area contributed by atoms with Crippen molar-refractivity contribution in [2.45, 2.75) is 6.10 Å². The van der Waals surface area contributed by atoms with E-state index in [1.54, 1.807) is 6.33 Å². The molecule has 3 aromatic rings. The van der Waals surface area contributed by atoms with Crippen molar-refractivity contribution in [1.82, 2.24) is 19.7 Å². The van der Waals surface area contributed by atoms with E-state index in [1.165, 1.54) is 0 Å². The number of fused-ring (bicyclic) bond motifs is 1. The van der Waals surface area contributed by atoms with Gasteiger partial charge in [0.2, 0.25) is 0 Å². The van der Waals surface area contributed by atoms with Crippen LogP contribution in [0.1, 0.15) is 0 Å². The van der Waals surface area contributed by atoms with E-state index in [1.807, 2.05) is 41.2 Å². The molecule has 0 unspecified atom stereocenters. The van der Waals surface area contributed by atoms with Crippen LogP contribution in [0, 0.1) is 0 Å². The molecule has 0 saturated carbocycles. The van der Waals surface area contributed by atoms with Crippen molar-refractivity contribution in [2.24, 2.45) is 5.73 Å². The lowest BCUT2D eigenvalue weighted by Gasteiger charge is -2.33. The molecule has 2 N–H and O–H groups in total. The third kappa shape index (κ3) is 2.54. The van der Waals surface area contributed by atoms with Crippen molar-refractivity contribution < 1.29 is 4.74 Å². The van der Waals surface area contributed by atoms with Crippen molar-refractivity contribution in [3.8, 4) is 5.69 Å². The summed E-state index contributed by atoms with van der Waals surface area (Å²) in [6, 6.07) is 9.97. The summed E-state index contributed by atoms with van der Waals surface area (Å²) in [7, 11) is 0. The van der Waals surface area contributed by atoms with Gasteiger partial charge in [-0.3, -0.25) is 0 Å². The van der Waals surface area contributed by atoms with Crippen LogP contribution >= 0.6 is 0 Å². The fraction of sp³-hybridized carbons (Fsp3) is 0.312. The Labute approximate surface area is 133 Å². The predicted octanol–water partition coefficient (Wildman–Crippen LogP) is 0.979. The fourth-order valence-electron chi connectivity index (χ4n) is 2.90. The number of ether oxygens (including phenoxy) is 1. The molecule has 0 aliphatic carbocycles. The highest BCUT2D eigenvalue weighted by Crippen LogP contribution is 2.25. The zero-order valence-electron chi connectivity index (χ0n) is 12.7. The minimum absolute atomic E-state index is 0.0398. The first-order valence-corrected chi connectivity index (χ1v) is 7.67. The minimum Gasteiger partial charge on any atom is -0.373 e. The number of aromatic nitrogens is 4. The summed E-state index contributed by atoms with van der Waals surface area (Å²) >= 11 is 0. The topological polar surface area (TPSA) is 82.1 Å². The lowest BCUT2D eigenvalue weighted by molar-refractivity contribution is 0.0464. The molecule has 1 atom stereocenters. The first-order valence-electron chi connectivity index (χ1n) is 7.67. The Balaban J connectivity index is 1.76. The molecular formula is C16H18N6O. The largest absolute Gasteiger partial charge is 0.373 e. The molecule has 3 heterocycles. The van der Waals surface area contributed by atoms with Crippen LogP contribution in [0.5, 0.6) is 0 Å². The molecule has 1 fully saturated rings. The molecule has 4 rings (SSSR count). The van der Waals surface area contributed by atoms with E-state index in [0.29, 0.717) is 13.2 Å². The van der Waals surface area contributed by atoms with Crippen LogP contribution in [0.3, 0.4) is 0 Å². The maximum atomic E-state index is 5.74. The van der Waals surface area contributed by atoms with Gasteiger partial charge in [0.05, 0.1) is 30.0 Å². The highest BCUT2D eigenvalue weighted by Gasteiger charge is 2.23. The van der Waals surface area contributed by atoms with Gasteiger partial charge >= 0.3 is 0 Å². The minimum atomic E-state index is 0.0398. The van der Waals surface area contributed by atoms with Gasteiger partial charge in [-0.2, -0.15) is 5.10 Å². The molecule has 23 heavy (non-hydrogen) atoms. The van der Waals surface area contributed by atoms with Gasteiger partial charge in [0.15, 0.2) is 5.65 Å². The second kappa shape index (κ2) is 5.94. The Hall–Kier alpha value is -2.51. The number of hydrogen-bond donors (Lipinski definition) is 1. The highest BCUT2D eigenvalue weighted by atomic mass is 16.5. The van der Waals surface area contributed by atoms with Crippen LogP contribution in [0.2, 0.25) is 0 Å². The molecule has 1 saturated heterocycles. The first-order chi connectivity index (χ1) is 11.4. The molecule has 1 aliphatic rings. The average Bonchev–Trinajstić information content (AvgIpc) is 3.06. The predicted molar refractivity (Wildman–Crippen MR) is 87.7 cm³/mol. The zero-order chi connectivity index (χ0) is 15.6. The number of morpholine rings is 1. The number of benzene rings is 1. The third-order valence-corrected chi connectivity index (χ3v) is 4.05. The van der Waals surface area contributed by atoms with Crippen molar-refractivity contribution in [2.75, 3.05) is 31.1 Å². The van der Waals surface area contributed by atoms with E-state index < -0.39 is 0 Å². The number of para-hydroxylation sites is 1. The number of nitrogens with two attached hydrogens (primary N) is 1. The molecule has 7 nitrogen and oxygen atoms in total. The summed E-state index contributed by atoms with van der Waals surface area (Å²) in [5.41, 5.74) is 7.52. The van der Waals surface area contributed by atoms with Crippen molar-refractivity contribution in [3.63, 3.8) is 0 Å². The van der Waals surface area contributed by atoms with Crippen molar-refractivity contribution in [1.29, 1.82) is 0 Å². The lowest BCUT2D eigenvalue weighted by atomic mass is 10.2. The molecule has 1 aromatic carbocycles. The number of hydrogen-bond acceptors (Lipinski definition) is 6. The van der Waals surface area contributed by atoms with E-state index in [0.717, 1.165) is 35.6 Å². The van der Waals surface area contributed by atoms with Crippen LogP contribution in [-0.2, 0) is 4.74 Å². The summed E-state index contributed by atoms with van der Waals surface area (Å²) in [5, 5.41) is 5.43. The summed E-state index contributed by atoms with van der Waals surface area (Å²) in [6.45, 7) is 2.69. The second-order valence-corrected chi connectivity index (χ2v) is 5.50. The van der Waals surface area contributed by atoms with Crippen LogP contribution in [-0.4, -0.2) is 52.1 Å². The van der Waals surface area contributed by atoms with Gasteiger partial charge in [-0.25, -0.2) is 14.6 Å². The maximum Gasteiger partial charge on any atom is 0.168 e. The number of nitrogens with zero attached hydrogens (tertiary/aromatic N) is 5. The Morgan fingerprint density at radius 2 is 2.09 bits per heavy atom. The molecule has 1 aliphatic heterocycles. The molecule has 0 radical (unpaired) electrons. The van der Waals surface area contributed by atoms with Gasteiger partial charge in [-0.05, 0) is 12.1 Å². The third-order valence-electron chi connectivity index (χ3n) is 4.05. The number of anilines is 1. The summed E-state index contributed by atoms with van der Waals surface area (Å²) in [6.07, 6.45) is 3.45. The SMILES string of the molecule is NC[C@H]1CN(c2ncnc3c2cnn3-c2ccccc2)CCO1. The van der Waals surface area contributed by atoms with E-state index in [-0.39, 0.29) is 6.10 Å². The molecule has 0 amide bonds. The van der Waals surface area contributed by atoms with Gasteiger partial charge in [-0.15, -0.1) is 0 Å². The van der Waals surface area contributed by atoms with Gasteiger partial charge < -0.3 is 15.4 Å². The molecule has 7 heteroatoms. The van der Waals surface area contributed by atoms with Gasteiger partial charge in [-0.1, -0.05) is 18.2 Å². The molecule has 2 aromatic heterocycles. The molecule has 0 spiro atoms. The molecular weight excluding hydrogens is 292 g/mol.